The largest absolute Gasteiger partial charge is 0.347 e. The first-order chi connectivity index (χ1) is 16.6. The van der Waals surface area contributed by atoms with Gasteiger partial charge in [-0.3, -0.25) is 14.0 Å². The highest BCUT2D eigenvalue weighted by molar-refractivity contribution is 5.93. The van der Waals surface area contributed by atoms with Gasteiger partial charge in [0.2, 0.25) is 0 Å². The zero-order valence-electron chi connectivity index (χ0n) is 18.5. The van der Waals surface area contributed by atoms with Crippen molar-refractivity contribution < 1.29 is 4.79 Å². The number of nitrogens with one attached hydrogen (secondary N) is 1. The minimum absolute atomic E-state index is 0.251. The van der Waals surface area contributed by atoms with Gasteiger partial charge < -0.3 is 5.32 Å². The molecule has 166 valence electrons. The van der Waals surface area contributed by atoms with E-state index in [9.17, 15) is 4.79 Å². The second-order valence-corrected chi connectivity index (χ2v) is 7.92. The van der Waals surface area contributed by atoms with Crippen molar-refractivity contribution >= 4 is 22.6 Å². The van der Waals surface area contributed by atoms with Crippen LogP contribution in [0.2, 0.25) is 0 Å². The van der Waals surface area contributed by atoms with Gasteiger partial charge in [-0.2, -0.15) is 0 Å². The lowest BCUT2D eigenvalue weighted by atomic mass is 10.1. The van der Waals surface area contributed by atoms with Crippen LogP contribution in [-0.4, -0.2) is 30.5 Å². The van der Waals surface area contributed by atoms with Crippen molar-refractivity contribution in [3.05, 3.63) is 113 Å². The summed E-state index contributed by atoms with van der Waals surface area (Å²) in [6, 6.07) is 23.3. The van der Waals surface area contributed by atoms with E-state index in [-0.39, 0.29) is 5.91 Å². The van der Waals surface area contributed by atoms with Crippen LogP contribution in [0.1, 0.15) is 27.3 Å². The first-order valence-electron chi connectivity index (χ1n) is 10.8. The molecule has 8 nitrogen and oxygen atoms in total. The quantitative estimate of drug-likeness (QED) is 0.395. The first kappa shape index (κ1) is 21.1. The maximum absolute atomic E-state index is 12.8. The summed E-state index contributed by atoms with van der Waals surface area (Å²) in [5, 5.41) is 11.1. The highest BCUT2D eigenvalue weighted by Crippen LogP contribution is 2.23. The molecule has 0 spiro atoms. The Hall–Kier alpha value is -4.77. The van der Waals surface area contributed by atoms with Gasteiger partial charge >= 0.3 is 0 Å². The molecule has 0 aliphatic rings. The predicted octanol–water partition coefficient (Wildman–Crippen LogP) is 4.23. The number of amides is 1. The van der Waals surface area contributed by atoms with Crippen LogP contribution < -0.4 is 5.32 Å². The van der Waals surface area contributed by atoms with E-state index in [2.05, 4.69) is 25.5 Å². The molecule has 2 heterocycles. The zero-order chi connectivity index (χ0) is 23.5. The van der Waals surface area contributed by atoms with Crippen molar-refractivity contribution in [3.8, 4) is 5.69 Å². The van der Waals surface area contributed by atoms with Crippen molar-refractivity contribution in [2.45, 2.75) is 13.0 Å². The van der Waals surface area contributed by atoms with Gasteiger partial charge in [0.1, 0.15) is 6.33 Å². The van der Waals surface area contributed by atoms with E-state index in [1.807, 2.05) is 65.2 Å². The highest BCUT2D eigenvalue weighted by atomic mass is 16.2. The molecule has 3 aromatic carbocycles. The van der Waals surface area contributed by atoms with E-state index in [4.69, 9.17) is 6.57 Å². The Morgan fingerprint density at radius 3 is 2.59 bits per heavy atom. The number of fused-ring (bicyclic) bond motifs is 1. The van der Waals surface area contributed by atoms with Gasteiger partial charge in [-0.1, -0.05) is 53.7 Å². The van der Waals surface area contributed by atoms with E-state index in [1.165, 1.54) is 0 Å². The fraction of sp³-hybridized carbons (Fsp3) is 0.115. The molecule has 34 heavy (non-hydrogen) atoms. The van der Waals surface area contributed by atoms with Crippen LogP contribution in [0.3, 0.4) is 0 Å². The summed E-state index contributed by atoms with van der Waals surface area (Å²) < 4.78 is 3.62. The van der Waals surface area contributed by atoms with E-state index >= 15 is 0 Å². The minimum atomic E-state index is -0.251. The van der Waals surface area contributed by atoms with E-state index in [0.29, 0.717) is 24.3 Å². The number of imidazole rings is 1. The summed E-state index contributed by atoms with van der Waals surface area (Å²) in [6.07, 6.45) is 2.33. The second-order valence-electron chi connectivity index (χ2n) is 7.92. The third-order valence-corrected chi connectivity index (χ3v) is 5.70. The summed E-state index contributed by atoms with van der Waals surface area (Å²) in [6.45, 7) is 7.53. The summed E-state index contributed by atoms with van der Waals surface area (Å²) in [5.74, 6) is -0.251. The number of nitrogens with zero attached hydrogens (tertiary/aromatic N) is 6. The molecule has 5 rings (SSSR count). The molecule has 0 saturated carbocycles. The Morgan fingerprint density at radius 2 is 1.82 bits per heavy atom. The van der Waals surface area contributed by atoms with Gasteiger partial charge in [-0.05, 0) is 35.4 Å². The van der Waals surface area contributed by atoms with Crippen LogP contribution in [0.25, 0.3) is 21.6 Å². The standard InChI is InChI=1S/C26H21N7O/c1-27-20-10-13-23-22(15-20)29-17-33(23)21-11-8-19(9-12-21)16-28-26(34)25-24(32(2)31-30-25)14-18-6-4-3-5-7-18/h3-13,15,17H,14,16H2,2H3,(H,28,34). The van der Waals surface area contributed by atoms with E-state index in [1.54, 1.807) is 30.2 Å². The summed E-state index contributed by atoms with van der Waals surface area (Å²) in [7, 11) is 1.79. The third kappa shape index (κ3) is 4.14. The SMILES string of the molecule is [C-]#[N+]c1ccc2c(c1)ncn2-c1ccc(CNC(=O)c2nnn(C)c2Cc2ccccc2)cc1. The highest BCUT2D eigenvalue weighted by Gasteiger charge is 2.18. The van der Waals surface area contributed by atoms with Gasteiger partial charge in [0.15, 0.2) is 11.4 Å². The van der Waals surface area contributed by atoms with Gasteiger partial charge in [0, 0.05) is 25.7 Å². The lowest BCUT2D eigenvalue weighted by Crippen LogP contribution is -2.24. The number of aryl methyl sites for hydroxylation is 1. The maximum Gasteiger partial charge on any atom is 0.274 e. The van der Waals surface area contributed by atoms with Crippen molar-refractivity contribution in [3.63, 3.8) is 0 Å². The Balaban J connectivity index is 1.28. The number of aromatic nitrogens is 5. The fourth-order valence-electron chi connectivity index (χ4n) is 3.86. The molecule has 0 atom stereocenters. The molecule has 1 amide bonds. The lowest BCUT2D eigenvalue weighted by Gasteiger charge is -2.08. The number of hydrogen-bond donors (Lipinski definition) is 1. The van der Waals surface area contributed by atoms with Gasteiger partial charge in [-0.25, -0.2) is 9.83 Å². The molecule has 0 radical (unpaired) electrons. The minimum Gasteiger partial charge on any atom is -0.347 e. The average molecular weight is 448 g/mol. The van der Waals surface area contributed by atoms with Crippen molar-refractivity contribution in [2.24, 2.45) is 7.05 Å². The Morgan fingerprint density at radius 1 is 1.03 bits per heavy atom. The second kappa shape index (κ2) is 9.00. The van der Waals surface area contributed by atoms with E-state index in [0.717, 1.165) is 33.5 Å². The van der Waals surface area contributed by atoms with Crippen molar-refractivity contribution in [2.75, 3.05) is 0 Å². The molecule has 1 N–H and O–H groups in total. The van der Waals surface area contributed by atoms with Crippen LogP contribution in [0, 0.1) is 6.57 Å². The van der Waals surface area contributed by atoms with Crippen LogP contribution in [0.5, 0.6) is 0 Å². The lowest BCUT2D eigenvalue weighted by molar-refractivity contribution is 0.0945. The van der Waals surface area contributed by atoms with Crippen LogP contribution in [-0.2, 0) is 20.0 Å². The predicted molar refractivity (Wildman–Crippen MR) is 129 cm³/mol. The molecule has 0 saturated heterocycles. The van der Waals surface area contributed by atoms with Crippen LogP contribution in [0.15, 0.2) is 79.1 Å². The van der Waals surface area contributed by atoms with Crippen molar-refractivity contribution in [1.29, 1.82) is 0 Å². The first-order valence-corrected chi connectivity index (χ1v) is 10.8. The zero-order valence-corrected chi connectivity index (χ0v) is 18.5. The van der Waals surface area contributed by atoms with Gasteiger partial charge in [0.25, 0.3) is 5.91 Å². The Bertz CT molecular complexity index is 1510. The maximum atomic E-state index is 12.8. The topological polar surface area (TPSA) is 82.0 Å². The normalized spacial score (nSPS) is 10.8. The molecular weight excluding hydrogens is 426 g/mol. The summed E-state index contributed by atoms with van der Waals surface area (Å²) in [4.78, 5) is 20.7. The molecular formula is C26H21N7O. The number of hydrogen-bond acceptors (Lipinski definition) is 4. The smallest absolute Gasteiger partial charge is 0.274 e. The molecule has 0 bridgehead atoms. The van der Waals surface area contributed by atoms with Crippen LogP contribution >= 0.6 is 0 Å². The molecule has 0 fully saturated rings. The molecule has 8 heteroatoms. The third-order valence-electron chi connectivity index (χ3n) is 5.70. The summed E-state index contributed by atoms with van der Waals surface area (Å²) >= 11 is 0. The van der Waals surface area contributed by atoms with Crippen molar-refractivity contribution in [1.82, 2.24) is 29.9 Å². The van der Waals surface area contributed by atoms with E-state index < -0.39 is 0 Å². The number of carbonyl (C=O) groups excluding carboxylic acids is 1. The average Bonchev–Trinajstić information content (AvgIpc) is 3.46. The number of carbonyl (C=O) groups is 1. The van der Waals surface area contributed by atoms with Crippen LogP contribution in [0.4, 0.5) is 5.69 Å². The number of benzene rings is 3. The molecule has 0 unspecified atom stereocenters. The molecule has 5 aromatic rings. The summed E-state index contributed by atoms with van der Waals surface area (Å²) in [5.41, 5.74) is 6.40. The molecule has 0 aliphatic carbocycles. The number of rotatable bonds is 6. The molecule has 0 aliphatic heterocycles. The Kier molecular flexibility index (Phi) is 5.58. The molecule has 2 aromatic heterocycles. The van der Waals surface area contributed by atoms with Gasteiger partial charge in [0.05, 0.1) is 23.3 Å². The Labute approximate surface area is 196 Å². The monoisotopic (exact) mass is 447 g/mol. The fourth-order valence-corrected chi connectivity index (χ4v) is 3.86. The van der Waals surface area contributed by atoms with Gasteiger partial charge in [-0.15, -0.1) is 5.10 Å².